The summed E-state index contributed by atoms with van der Waals surface area (Å²) < 4.78 is 6.24. The second-order valence-corrected chi connectivity index (χ2v) is 7.25. The first-order valence-electron chi connectivity index (χ1n) is 8.99. The van der Waals surface area contributed by atoms with E-state index in [9.17, 15) is 14.4 Å². The van der Waals surface area contributed by atoms with Crippen LogP contribution in [0.2, 0.25) is 0 Å². The van der Waals surface area contributed by atoms with Crippen molar-refractivity contribution in [2.75, 3.05) is 12.9 Å². The molecular weight excluding hydrogens is 392 g/mol. The maximum Gasteiger partial charge on any atom is 0.337 e. The quantitative estimate of drug-likeness (QED) is 0.229. The third-order valence-corrected chi connectivity index (χ3v) is 5.17. The van der Waals surface area contributed by atoms with Crippen molar-refractivity contribution in [3.63, 3.8) is 0 Å². The summed E-state index contributed by atoms with van der Waals surface area (Å²) in [6, 6.07) is 6.36. The molecule has 29 heavy (non-hydrogen) atoms. The zero-order valence-electron chi connectivity index (χ0n) is 16.5. The van der Waals surface area contributed by atoms with Gasteiger partial charge in [-0.05, 0) is 31.5 Å². The highest BCUT2D eigenvalue weighted by molar-refractivity contribution is 7.99. The Balaban J connectivity index is 2.51. The number of rotatable bonds is 8. The highest BCUT2D eigenvalue weighted by Gasteiger charge is 2.17. The van der Waals surface area contributed by atoms with Gasteiger partial charge in [0, 0.05) is 12.2 Å². The average Bonchev–Trinajstić information content (AvgIpc) is 2.70. The minimum absolute atomic E-state index is 0.0851. The number of thioether (sulfide) groups is 1. The first-order chi connectivity index (χ1) is 13.8. The molecule has 152 valence electrons. The molecule has 2 aromatic rings. The van der Waals surface area contributed by atoms with Gasteiger partial charge in [-0.3, -0.25) is 14.2 Å². The zero-order valence-corrected chi connectivity index (χ0v) is 17.3. The number of unbranched alkanes of at least 4 members (excludes halogenated alkanes) is 1. The van der Waals surface area contributed by atoms with Gasteiger partial charge in [0.15, 0.2) is 10.9 Å². The van der Waals surface area contributed by atoms with Crippen molar-refractivity contribution in [2.24, 2.45) is 5.73 Å². The molecule has 0 amide bonds. The highest BCUT2D eigenvalue weighted by Crippen LogP contribution is 2.21. The lowest BCUT2D eigenvalue weighted by molar-refractivity contribution is -0.112. The summed E-state index contributed by atoms with van der Waals surface area (Å²) in [5, 5.41) is 9.81. The number of hydrogen-bond acceptors (Lipinski definition) is 8. The fourth-order valence-electron chi connectivity index (χ4n) is 2.64. The predicted octanol–water partition coefficient (Wildman–Crippen LogP) is 2.40. The molecule has 0 fully saturated rings. The van der Waals surface area contributed by atoms with E-state index in [4.69, 9.17) is 15.7 Å². The van der Waals surface area contributed by atoms with Gasteiger partial charge in [0.25, 0.3) is 5.56 Å². The number of benzene rings is 1. The first kappa shape index (κ1) is 22.2. The van der Waals surface area contributed by atoms with E-state index in [1.54, 1.807) is 12.1 Å². The van der Waals surface area contributed by atoms with E-state index in [0.717, 1.165) is 24.6 Å². The smallest absolute Gasteiger partial charge is 0.337 e. The molecule has 0 bridgehead atoms. The van der Waals surface area contributed by atoms with Gasteiger partial charge >= 0.3 is 5.97 Å². The first-order valence-corrected chi connectivity index (χ1v) is 9.97. The van der Waals surface area contributed by atoms with Crippen LogP contribution in [-0.2, 0) is 16.1 Å². The van der Waals surface area contributed by atoms with Crippen molar-refractivity contribution in [2.45, 2.75) is 38.4 Å². The number of allylic oxidation sites excluding steroid dienone is 2. The van der Waals surface area contributed by atoms with Crippen LogP contribution in [0.1, 0.15) is 37.0 Å². The van der Waals surface area contributed by atoms with Crippen LogP contribution in [0.3, 0.4) is 0 Å². The molecule has 0 aliphatic rings. The summed E-state index contributed by atoms with van der Waals surface area (Å²) >= 11 is 1.06. The van der Waals surface area contributed by atoms with Gasteiger partial charge in [-0.1, -0.05) is 25.1 Å². The van der Waals surface area contributed by atoms with Crippen LogP contribution in [-0.4, -0.2) is 34.2 Å². The van der Waals surface area contributed by atoms with Crippen molar-refractivity contribution in [3.05, 3.63) is 45.4 Å². The number of ether oxygens (including phenoxy) is 1. The van der Waals surface area contributed by atoms with Gasteiger partial charge in [-0.15, -0.1) is 0 Å². The Kier molecular flexibility index (Phi) is 7.56. The second kappa shape index (κ2) is 9.89. The molecule has 0 aliphatic heterocycles. The van der Waals surface area contributed by atoms with Crippen LogP contribution in [0.5, 0.6) is 0 Å². The summed E-state index contributed by atoms with van der Waals surface area (Å²) in [5.74, 6) is -1.05. The van der Waals surface area contributed by atoms with Crippen molar-refractivity contribution >= 4 is 34.4 Å². The van der Waals surface area contributed by atoms with Crippen molar-refractivity contribution in [3.8, 4) is 6.07 Å². The van der Waals surface area contributed by atoms with E-state index >= 15 is 0 Å². The van der Waals surface area contributed by atoms with Crippen LogP contribution in [0.25, 0.3) is 10.9 Å². The molecule has 0 radical (unpaired) electrons. The topological polar surface area (TPSA) is 128 Å². The van der Waals surface area contributed by atoms with E-state index < -0.39 is 11.8 Å². The molecule has 0 saturated heterocycles. The summed E-state index contributed by atoms with van der Waals surface area (Å²) in [4.78, 5) is 41.6. The number of carbonyl (C=O) groups is 2. The maximum absolute atomic E-state index is 13.0. The lowest BCUT2D eigenvalue weighted by Crippen LogP contribution is -2.24. The van der Waals surface area contributed by atoms with Crippen molar-refractivity contribution in [1.29, 1.82) is 5.26 Å². The van der Waals surface area contributed by atoms with Crippen LogP contribution >= 0.6 is 11.8 Å². The Morgan fingerprint density at radius 2 is 2.10 bits per heavy atom. The highest BCUT2D eigenvalue weighted by atomic mass is 32.2. The van der Waals surface area contributed by atoms with Gasteiger partial charge in [0.2, 0.25) is 0 Å². The number of carbonyl (C=O) groups excluding carboxylic acids is 2. The van der Waals surface area contributed by atoms with Crippen LogP contribution in [0, 0.1) is 11.3 Å². The third-order valence-electron chi connectivity index (χ3n) is 4.19. The Morgan fingerprint density at radius 1 is 1.38 bits per heavy atom. The average molecular weight is 414 g/mol. The summed E-state index contributed by atoms with van der Waals surface area (Å²) in [6.07, 6.45) is 1.64. The van der Waals surface area contributed by atoms with Gasteiger partial charge in [-0.25, -0.2) is 9.78 Å². The number of nitrogens with zero attached hydrogens (tertiary/aromatic N) is 3. The van der Waals surface area contributed by atoms with Gasteiger partial charge in [0.1, 0.15) is 11.6 Å². The van der Waals surface area contributed by atoms with E-state index in [2.05, 4.69) is 4.98 Å². The molecular formula is C20H22N4O4S. The molecule has 0 unspecified atom stereocenters. The molecule has 2 rings (SSSR count). The number of nitrogens with two attached hydrogens (primary N) is 1. The number of Topliss-reactive ketones (excluding diaryl/α,β-unsaturated/α-hetero) is 1. The minimum atomic E-state index is -0.532. The fourth-order valence-corrected chi connectivity index (χ4v) is 3.54. The number of ketones is 1. The van der Waals surface area contributed by atoms with Gasteiger partial charge < -0.3 is 10.5 Å². The number of hydrogen-bond donors (Lipinski definition) is 1. The summed E-state index contributed by atoms with van der Waals surface area (Å²) in [5.41, 5.74) is 5.99. The Hall–Kier alpha value is -3.12. The zero-order chi connectivity index (χ0) is 21.6. The molecule has 9 heteroatoms. The number of methoxy groups -OCH3 is 1. The van der Waals surface area contributed by atoms with E-state index in [0.29, 0.717) is 22.6 Å². The number of aromatic nitrogens is 2. The van der Waals surface area contributed by atoms with E-state index in [-0.39, 0.29) is 28.1 Å². The molecule has 1 aromatic carbocycles. The van der Waals surface area contributed by atoms with Crippen molar-refractivity contribution < 1.29 is 14.3 Å². The third kappa shape index (κ3) is 5.03. The standard InChI is InChI=1S/C20H22N4O4S/c1-4-5-8-24-18(26)14-7-6-13(19(27)28-3)9-16(14)23-20(24)29-11-17(25)15(10-21)12(2)22/h6-7,9H,4-5,8,11,22H2,1-3H3. The van der Waals surface area contributed by atoms with Crippen LogP contribution in [0.15, 0.2) is 39.4 Å². The monoisotopic (exact) mass is 414 g/mol. The summed E-state index contributed by atoms with van der Waals surface area (Å²) in [6.45, 7) is 3.94. The van der Waals surface area contributed by atoms with E-state index in [1.165, 1.54) is 30.7 Å². The maximum atomic E-state index is 13.0. The number of fused-ring (bicyclic) bond motifs is 1. The molecule has 0 aliphatic carbocycles. The van der Waals surface area contributed by atoms with E-state index in [1.807, 2.05) is 6.92 Å². The van der Waals surface area contributed by atoms with Crippen LogP contribution < -0.4 is 11.3 Å². The molecule has 8 nitrogen and oxygen atoms in total. The fraction of sp³-hybridized carbons (Fsp3) is 0.350. The normalized spacial score (nSPS) is 11.7. The predicted molar refractivity (Wildman–Crippen MR) is 110 cm³/mol. The number of nitriles is 1. The Bertz CT molecular complexity index is 1080. The van der Waals surface area contributed by atoms with Gasteiger partial charge in [-0.2, -0.15) is 5.26 Å². The molecule has 0 saturated carbocycles. The molecule has 2 N–H and O–H groups in total. The molecule has 1 aromatic heterocycles. The van der Waals surface area contributed by atoms with Crippen LogP contribution in [0.4, 0.5) is 0 Å². The number of esters is 1. The van der Waals surface area contributed by atoms with Gasteiger partial charge in [0.05, 0.1) is 29.3 Å². The summed E-state index contributed by atoms with van der Waals surface area (Å²) in [7, 11) is 1.27. The molecule has 1 heterocycles. The second-order valence-electron chi connectivity index (χ2n) is 6.31. The lowest BCUT2D eigenvalue weighted by Gasteiger charge is -2.13. The Morgan fingerprint density at radius 3 is 2.69 bits per heavy atom. The molecule has 0 atom stereocenters. The largest absolute Gasteiger partial charge is 0.465 e. The minimum Gasteiger partial charge on any atom is -0.465 e. The SMILES string of the molecule is CCCCn1c(SCC(=O)C(C#N)=C(C)N)nc2cc(C(=O)OC)ccc2c1=O. The Labute approximate surface area is 172 Å². The molecule has 0 spiro atoms. The van der Waals surface area contributed by atoms with Crippen molar-refractivity contribution in [1.82, 2.24) is 9.55 Å². The lowest BCUT2D eigenvalue weighted by atomic mass is 10.1.